The molecule has 5 unspecified atom stereocenters. The summed E-state index contributed by atoms with van der Waals surface area (Å²) < 4.78 is 0. The summed E-state index contributed by atoms with van der Waals surface area (Å²) >= 11 is 0. The van der Waals surface area contributed by atoms with Gasteiger partial charge in [-0.2, -0.15) is 0 Å². The number of fused-ring (bicyclic) bond motifs is 3. The molecule has 4 fully saturated rings. The molecule has 4 aliphatic carbocycles. The van der Waals surface area contributed by atoms with E-state index in [1.807, 2.05) is 0 Å². The standard InChI is InChI=1S/C15H24/c1-15(12-3-4-12)7-6-14-11(9-15)8-10-2-5-13(10)14/h10-14H,2-9H2,1H3. The van der Waals surface area contributed by atoms with E-state index in [1.54, 1.807) is 51.4 Å². The van der Waals surface area contributed by atoms with Crippen molar-refractivity contribution in [1.29, 1.82) is 0 Å². The fourth-order valence-corrected chi connectivity index (χ4v) is 5.40. The SMILES string of the molecule is CC1(C2CC2)CCC2C(CC3CCC32)C1. The van der Waals surface area contributed by atoms with Crippen LogP contribution in [0.15, 0.2) is 0 Å². The first-order valence-corrected chi connectivity index (χ1v) is 7.26. The van der Waals surface area contributed by atoms with Crippen molar-refractivity contribution >= 4 is 0 Å². The quantitative estimate of drug-likeness (QED) is 0.599. The Kier molecular flexibility index (Phi) is 1.70. The van der Waals surface area contributed by atoms with Gasteiger partial charge in [-0.05, 0) is 86.4 Å². The molecule has 4 saturated carbocycles. The summed E-state index contributed by atoms with van der Waals surface area (Å²) in [5, 5.41) is 0. The summed E-state index contributed by atoms with van der Waals surface area (Å²) in [6.45, 7) is 2.61. The molecule has 0 heterocycles. The molecular weight excluding hydrogens is 180 g/mol. The van der Waals surface area contributed by atoms with E-state index in [0.29, 0.717) is 0 Å². The van der Waals surface area contributed by atoms with Crippen LogP contribution in [0.4, 0.5) is 0 Å². The molecule has 0 N–H and O–H groups in total. The van der Waals surface area contributed by atoms with Crippen LogP contribution in [0.25, 0.3) is 0 Å². The summed E-state index contributed by atoms with van der Waals surface area (Å²) in [6, 6.07) is 0. The van der Waals surface area contributed by atoms with Crippen molar-refractivity contribution in [2.24, 2.45) is 35.0 Å². The van der Waals surface area contributed by atoms with E-state index in [1.165, 1.54) is 17.8 Å². The highest BCUT2D eigenvalue weighted by Gasteiger charge is 2.54. The fraction of sp³-hybridized carbons (Fsp3) is 1.00. The zero-order valence-corrected chi connectivity index (χ0v) is 10.0. The van der Waals surface area contributed by atoms with Crippen molar-refractivity contribution in [3.63, 3.8) is 0 Å². The van der Waals surface area contributed by atoms with Crippen LogP contribution in [-0.4, -0.2) is 0 Å². The normalized spacial score (nSPS) is 58.2. The third-order valence-electron chi connectivity index (χ3n) is 6.58. The van der Waals surface area contributed by atoms with Crippen molar-refractivity contribution < 1.29 is 0 Å². The summed E-state index contributed by atoms with van der Waals surface area (Å²) in [6.07, 6.45) is 12.7. The number of hydrogen-bond donors (Lipinski definition) is 0. The lowest BCUT2D eigenvalue weighted by Crippen LogP contribution is -2.34. The largest absolute Gasteiger partial charge is 0.0594 e. The lowest BCUT2D eigenvalue weighted by Gasteiger charge is -2.43. The smallest absolute Gasteiger partial charge is 0.0295 e. The fourth-order valence-electron chi connectivity index (χ4n) is 5.40. The van der Waals surface area contributed by atoms with Gasteiger partial charge >= 0.3 is 0 Å². The van der Waals surface area contributed by atoms with Crippen LogP contribution < -0.4 is 0 Å². The molecule has 0 aliphatic heterocycles. The van der Waals surface area contributed by atoms with Crippen molar-refractivity contribution in [2.75, 3.05) is 0 Å². The van der Waals surface area contributed by atoms with Crippen LogP contribution in [0, 0.1) is 35.0 Å². The van der Waals surface area contributed by atoms with E-state index >= 15 is 0 Å². The molecule has 0 saturated heterocycles. The van der Waals surface area contributed by atoms with Gasteiger partial charge in [-0.3, -0.25) is 0 Å². The summed E-state index contributed by atoms with van der Waals surface area (Å²) in [7, 11) is 0. The summed E-state index contributed by atoms with van der Waals surface area (Å²) in [4.78, 5) is 0. The Morgan fingerprint density at radius 2 is 1.67 bits per heavy atom. The van der Waals surface area contributed by atoms with Gasteiger partial charge in [0.05, 0.1) is 0 Å². The van der Waals surface area contributed by atoms with Crippen LogP contribution in [0.5, 0.6) is 0 Å². The second-order valence-corrected chi connectivity index (χ2v) is 7.33. The van der Waals surface area contributed by atoms with E-state index in [0.717, 1.165) is 17.3 Å². The summed E-state index contributed by atoms with van der Waals surface area (Å²) in [5.41, 5.74) is 0.783. The zero-order chi connectivity index (χ0) is 10.0. The van der Waals surface area contributed by atoms with E-state index in [2.05, 4.69) is 6.92 Å². The van der Waals surface area contributed by atoms with E-state index < -0.39 is 0 Å². The molecule has 0 aromatic heterocycles. The Bertz CT molecular complexity index is 278. The van der Waals surface area contributed by atoms with Crippen molar-refractivity contribution in [1.82, 2.24) is 0 Å². The van der Waals surface area contributed by atoms with Gasteiger partial charge in [0.1, 0.15) is 0 Å². The number of rotatable bonds is 1. The van der Waals surface area contributed by atoms with E-state index in [4.69, 9.17) is 0 Å². The maximum Gasteiger partial charge on any atom is -0.0295 e. The lowest BCUT2D eigenvalue weighted by atomic mass is 9.62. The van der Waals surface area contributed by atoms with Gasteiger partial charge in [0.15, 0.2) is 0 Å². The van der Waals surface area contributed by atoms with Gasteiger partial charge < -0.3 is 0 Å². The Labute approximate surface area is 93.8 Å². The second kappa shape index (κ2) is 2.81. The van der Waals surface area contributed by atoms with E-state index in [9.17, 15) is 0 Å². The van der Waals surface area contributed by atoms with Crippen LogP contribution in [-0.2, 0) is 0 Å². The molecule has 0 aromatic rings. The minimum Gasteiger partial charge on any atom is -0.0594 e. The Hall–Kier alpha value is 0. The molecule has 15 heavy (non-hydrogen) atoms. The summed E-state index contributed by atoms with van der Waals surface area (Å²) in [5.74, 6) is 5.84. The minimum absolute atomic E-state index is 0.783. The average Bonchev–Trinajstić information content (AvgIpc) is 2.97. The molecule has 0 bridgehead atoms. The Morgan fingerprint density at radius 3 is 2.33 bits per heavy atom. The van der Waals surface area contributed by atoms with Crippen molar-refractivity contribution in [3.05, 3.63) is 0 Å². The second-order valence-electron chi connectivity index (χ2n) is 7.33. The lowest BCUT2D eigenvalue weighted by molar-refractivity contribution is 0.0698. The van der Waals surface area contributed by atoms with Gasteiger partial charge in [0.25, 0.3) is 0 Å². The van der Waals surface area contributed by atoms with Crippen LogP contribution >= 0.6 is 0 Å². The predicted molar refractivity (Wildman–Crippen MR) is 62.5 cm³/mol. The maximum atomic E-state index is 2.61. The highest BCUT2D eigenvalue weighted by Crippen LogP contribution is 2.64. The van der Waals surface area contributed by atoms with Crippen molar-refractivity contribution in [3.8, 4) is 0 Å². The molecule has 0 spiro atoms. The Balaban J connectivity index is 1.54. The topological polar surface area (TPSA) is 0 Å². The van der Waals surface area contributed by atoms with Gasteiger partial charge in [0.2, 0.25) is 0 Å². The first-order valence-electron chi connectivity index (χ1n) is 7.26. The molecule has 0 nitrogen and oxygen atoms in total. The predicted octanol–water partition coefficient (Wildman–Crippen LogP) is 4.25. The molecule has 0 radical (unpaired) electrons. The first-order chi connectivity index (χ1) is 7.26. The monoisotopic (exact) mass is 204 g/mol. The highest BCUT2D eigenvalue weighted by atomic mass is 14.6. The molecule has 0 amide bonds. The van der Waals surface area contributed by atoms with Gasteiger partial charge in [-0.15, -0.1) is 0 Å². The van der Waals surface area contributed by atoms with E-state index in [-0.39, 0.29) is 0 Å². The van der Waals surface area contributed by atoms with Crippen LogP contribution in [0.2, 0.25) is 0 Å². The maximum absolute atomic E-state index is 2.61. The highest BCUT2D eigenvalue weighted by molar-refractivity contribution is 5.04. The average molecular weight is 204 g/mol. The van der Waals surface area contributed by atoms with Gasteiger partial charge in [0, 0.05) is 0 Å². The molecule has 0 aromatic carbocycles. The third-order valence-corrected chi connectivity index (χ3v) is 6.58. The van der Waals surface area contributed by atoms with Crippen molar-refractivity contribution in [2.45, 2.75) is 58.3 Å². The molecule has 4 aliphatic rings. The molecular formula is C15H24. The van der Waals surface area contributed by atoms with Crippen LogP contribution in [0.1, 0.15) is 58.3 Å². The zero-order valence-electron chi connectivity index (χ0n) is 10.0. The molecule has 5 atom stereocenters. The van der Waals surface area contributed by atoms with Gasteiger partial charge in [-0.25, -0.2) is 0 Å². The minimum atomic E-state index is 0.783. The van der Waals surface area contributed by atoms with Gasteiger partial charge in [-0.1, -0.05) is 6.92 Å². The third kappa shape index (κ3) is 1.20. The molecule has 84 valence electrons. The van der Waals surface area contributed by atoms with Crippen LogP contribution in [0.3, 0.4) is 0 Å². The molecule has 4 rings (SSSR count). The Morgan fingerprint density at radius 1 is 0.867 bits per heavy atom. The molecule has 0 heteroatoms. The first kappa shape index (κ1) is 9.07. The number of hydrogen-bond acceptors (Lipinski definition) is 0.